The molecule has 3 amide bonds. The molecule has 0 aliphatic carbocycles. The van der Waals surface area contributed by atoms with Crippen LogP contribution in [0.2, 0.25) is 0 Å². The van der Waals surface area contributed by atoms with Crippen molar-refractivity contribution in [2.75, 3.05) is 25.8 Å². The normalized spacial score (nSPS) is 14.4. The van der Waals surface area contributed by atoms with E-state index in [4.69, 9.17) is 0 Å². The monoisotopic (exact) mass is 585 g/mol. The van der Waals surface area contributed by atoms with Gasteiger partial charge in [-0.05, 0) is 48.4 Å². The van der Waals surface area contributed by atoms with Crippen LogP contribution in [0.1, 0.15) is 87.1 Å². The quantitative estimate of drug-likeness (QED) is 0.232. The molecule has 226 valence electrons. The van der Waals surface area contributed by atoms with Gasteiger partial charge in [-0.1, -0.05) is 77.9 Å². The molecule has 2 rings (SSSR count). The van der Waals surface area contributed by atoms with Gasteiger partial charge in [-0.25, -0.2) is 0 Å². The van der Waals surface area contributed by atoms with Crippen molar-refractivity contribution in [3.63, 3.8) is 0 Å². The molecule has 2 aromatic rings. The summed E-state index contributed by atoms with van der Waals surface area (Å²) in [5.41, 5.74) is 1.47. The summed E-state index contributed by atoms with van der Waals surface area (Å²) in [6.45, 7) is 13.6. The second kappa shape index (κ2) is 15.9. The highest BCUT2D eigenvalue weighted by atomic mass is 31.2. The number of nitrogens with zero attached hydrogens (tertiary/aromatic N) is 1. The van der Waals surface area contributed by atoms with E-state index < -0.39 is 25.0 Å². The second-order valence-corrected chi connectivity index (χ2v) is 14.5. The number of rotatable bonds is 15. The number of carbonyl (C=O) groups excluding carboxylic acids is 3. The smallest absolute Gasteiger partial charge is 0.253 e. The maximum Gasteiger partial charge on any atom is 0.253 e. The summed E-state index contributed by atoms with van der Waals surface area (Å²) in [6, 6.07) is 15.6. The van der Waals surface area contributed by atoms with E-state index in [2.05, 4.69) is 31.4 Å². The molecule has 3 atom stereocenters. The molecule has 3 N–H and O–H groups in total. The van der Waals surface area contributed by atoms with Gasteiger partial charge in [0, 0.05) is 49.3 Å². The van der Waals surface area contributed by atoms with Gasteiger partial charge in [-0.15, -0.1) is 0 Å². The van der Waals surface area contributed by atoms with Crippen LogP contribution in [-0.2, 0) is 15.8 Å². The lowest BCUT2D eigenvalue weighted by molar-refractivity contribution is -0.124. The summed E-state index contributed by atoms with van der Waals surface area (Å²) >= 11 is 0. The van der Waals surface area contributed by atoms with Gasteiger partial charge in [0.25, 0.3) is 11.8 Å². The largest absolute Gasteiger partial charge is 0.356 e. The van der Waals surface area contributed by atoms with Crippen LogP contribution in [0, 0.1) is 11.3 Å². The molecule has 0 bridgehead atoms. The number of hydrogen-bond acceptors (Lipinski definition) is 4. The highest BCUT2D eigenvalue weighted by Crippen LogP contribution is 2.48. The van der Waals surface area contributed by atoms with Crippen molar-refractivity contribution < 1.29 is 23.8 Å². The van der Waals surface area contributed by atoms with E-state index in [1.807, 2.05) is 44.2 Å². The minimum absolute atomic E-state index is 0.0556. The predicted octanol–water partition coefficient (Wildman–Crippen LogP) is 5.71. The Labute approximate surface area is 245 Å². The molecule has 0 heterocycles. The number of nitrogens with one attached hydrogen (secondary N) is 2. The summed E-state index contributed by atoms with van der Waals surface area (Å²) in [6.07, 6.45) is 2.29. The Morgan fingerprint density at radius 2 is 1.56 bits per heavy atom. The minimum atomic E-state index is -4.05. The van der Waals surface area contributed by atoms with Crippen LogP contribution in [0.15, 0.2) is 54.6 Å². The third-order valence-corrected chi connectivity index (χ3v) is 9.22. The second-order valence-electron chi connectivity index (χ2n) is 12.0. The highest BCUT2D eigenvalue weighted by Gasteiger charge is 2.36. The van der Waals surface area contributed by atoms with E-state index in [1.54, 1.807) is 30.0 Å². The topological polar surface area (TPSA) is 116 Å². The molecule has 41 heavy (non-hydrogen) atoms. The Morgan fingerprint density at radius 1 is 0.951 bits per heavy atom. The van der Waals surface area contributed by atoms with Crippen molar-refractivity contribution in [2.24, 2.45) is 11.3 Å². The van der Waals surface area contributed by atoms with Crippen LogP contribution < -0.4 is 10.6 Å². The van der Waals surface area contributed by atoms with Gasteiger partial charge in [-0.3, -0.25) is 18.9 Å². The van der Waals surface area contributed by atoms with E-state index in [-0.39, 0.29) is 35.4 Å². The van der Waals surface area contributed by atoms with Gasteiger partial charge in [0.2, 0.25) is 13.3 Å². The van der Waals surface area contributed by atoms with Crippen LogP contribution >= 0.6 is 7.37 Å². The Hall–Kier alpha value is -2.96. The zero-order valence-corrected chi connectivity index (χ0v) is 26.4. The van der Waals surface area contributed by atoms with Crippen LogP contribution in [0.4, 0.5) is 0 Å². The molecule has 0 aliphatic heterocycles. The molecule has 0 spiro atoms. The minimum Gasteiger partial charge on any atom is -0.356 e. The zero-order chi connectivity index (χ0) is 30.6. The molecular formula is C32H48N3O5P. The van der Waals surface area contributed by atoms with Crippen LogP contribution in [0.5, 0.6) is 0 Å². The number of carbonyl (C=O) groups is 3. The maximum absolute atomic E-state index is 13.7. The molecule has 0 radical (unpaired) electrons. The van der Waals surface area contributed by atoms with Crippen molar-refractivity contribution in [2.45, 2.75) is 73.0 Å². The van der Waals surface area contributed by atoms with Crippen molar-refractivity contribution >= 4 is 25.1 Å². The average Bonchev–Trinajstić information content (AvgIpc) is 2.91. The van der Waals surface area contributed by atoms with Crippen molar-refractivity contribution in [1.29, 1.82) is 0 Å². The van der Waals surface area contributed by atoms with Crippen molar-refractivity contribution in [1.82, 2.24) is 15.5 Å². The van der Waals surface area contributed by atoms with Gasteiger partial charge in [0.05, 0.1) is 0 Å². The van der Waals surface area contributed by atoms with Gasteiger partial charge >= 0.3 is 0 Å². The summed E-state index contributed by atoms with van der Waals surface area (Å²) in [4.78, 5) is 52.2. The van der Waals surface area contributed by atoms with Crippen LogP contribution in [-0.4, -0.2) is 59.1 Å². The van der Waals surface area contributed by atoms with E-state index in [0.29, 0.717) is 25.2 Å². The predicted molar refractivity (Wildman–Crippen MR) is 165 cm³/mol. The van der Waals surface area contributed by atoms with Crippen LogP contribution in [0.3, 0.4) is 0 Å². The molecule has 9 heteroatoms. The number of benzene rings is 2. The van der Waals surface area contributed by atoms with Gasteiger partial charge in [0.15, 0.2) is 0 Å². The first-order valence-electron chi connectivity index (χ1n) is 14.6. The van der Waals surface area contributed by atoms with Crippen molar-refractivity contribution in [3.05, 3.63) is 71.3 Å². The zero-order valence-electron chi connectivity index (χ0n) is 25.5. The van der Waals surface area contributed by atoms with Crippen LogP contribution in [0.25, 0.3) is 0 Å². The fourth-order valence-electron chi connectivity index (χ4n) is 4.53. The molecule has 0 saturated heterocycles. The number of amides is 3. The van der Waals surface area contributed by atoms with E-state index >= 15 is 0 Å². The summed E-state index contributed by atoms with van der Waals surface area (Å²) in [5.74, 6) is -2.82. The lowest BCUT2D eigenvalue weighted by Crippen LogP contribution is -2.39. The fraction of sp³-hybridized carbons (Fsp3) is 0.531. The summed E-state index contributed by atoms with van der Waals surface area (Å²) in [7, 11) is -4.05. The van der Waals surface area contributed by atoms with E-state index in [0.717, 1.165) is 24.8 Å². The van der Waals surface area contributed by atoms with E-state index in [1.165, 1.54) is 6.07 Å². The Morgan fingerprint density at radius 3 is 2.15 bits per heavy atom. The Balaban J connectivity index is 2.24. The SMILES string of the molecule is CCCN(CCC)C(=O)c1cccc(C(=O)N[C@@H](Cc2ccccc2)P(=O)(O)CC(C)C(=O)NCCC(C)(C)C)c1. The molecule has 2 unspecified atom stereocenters. The third-order valence-electron chi connectivity index (χ3n) is 6.86. The third kappa shape index (κ3) is 11.4. The molecule has 8 nitrogen and oxygen atoms in total. The molecule has 0 aromatic heterocycles. The lowest BCUT2D eigenvalue weighted by atomic mass is 9.92. The van der Waals surface area contributed by atoms with Gasteiger partial charge < -0.3 is 20.4 Å². The first-order chi connectivity index (χ1) is 19.3. The van der Waals surface area contributed by atoms with Gasteiger partial charge in [0.1, 0.15) is 5.78 Å². The van der Waals surface area contributed by atoms with E-state index in [9.17, 15) is 23.8 Å². The summed E-state index contributed by atoms with van der Waals surface area (Å²) < 4.78 is 13.7. The van der Waals surface area contributed by atoms with Crippen molar-refractivity contribution in [3.8, 4) is 0 Å². The molecular weight excluding hydrogens is 537 g/mol. The highest BCUT2D eigenvalue weighted by molar-refractivity contribution is 7.58. The molecule has 0 saturated carbocycles. The van der Waals surface area contributed by atoms with Gasteiger partial charge in [-0.2, -0.15) is 0 Å². The Bertz CT molecular complexity index is 1190. The molecule has 2 aromatic carbocycles. The first-order valence-corrected chi connectivity index (χ1v) is 16.5. The Kier molecular flexibility index (Phi) is 13.3. The standard InChI is InChI=1S/C32H48N3O5P/c1-7-19-35(20-8-2)31(38)27-16-12-15-26(22-27)30(37)34-28(21-25-13-10-9-11-14-25)41(39,40)23-24(3)29(36)33-18-17-32(4,5)6/h9-16,22,24,28H,7-8,17-21,23H2,1-6H3,(H,33,36)(H,34,37)(H,39,40)/t24?,28-/m1/s1. The molecule has 0 aliphatic rings. The summed E-state index contributed by atoms with van der Waals surface area (Å²) in [5, 5.41) is 5.63. The maximum atomic E-state index is 13.7. The molecule has 0 fully saturated rings. The first kappa shape index (κ1) is 34.2. The number of hydrogen-bond donors (Lipinski definition) is 3. The average molecular weight is 586 g/mol. The fourth-order valence-corrected chi connectivity index (χ4v) is 6.55. The lowest BCUT2D eigenvalue weighted by Gasteiger charge is -2.27.